The molecule has 3 unspecified atom stereocenters. The van der Waals surface area contributed by atoms with Crippen molar-refractivity contribution < 1.29 is 4.79 Å². The average molecular weight is 169 g/mol. The molecule has 0 aliphatic heterocycles. The minimum absolute atomic E-state index is 0.109. The Balaban J connectivity index is 2.10. The second-order valence-corrected chi connectivity index (χ2v) is 3.49. The van der Waals surface area contributed by atoms with Gasteiger partial charge in [0, 0.05) is 5.92 Å². The minimum Gasteiger partial charge on any atom is -0.281 e. The van der Waals surface area contributed by atoms with Crippen molar-refractivity contribution >= 4 is 16.8 Å². The Kier molecular flexibility index (Phi) is 1.61. The van der Waals surface area contributed by atoms with Gasteiger partial charge in [-0.1, -0.05) is 24.3 Å². The van der Waals surface area contributed by atoms with E-state index in [9.17, 15) is 4.79 Å². The highest BCUT2D eigenvalue weighted by Crippen LogP contribution is 2.51. The van der Waals surface area contributed by atoms with Gasteiger partial charge in [0.2, 0.25) is 5.24 Å². The molecule has 58 valence electrons. The molecule has 0 radical (unpaired) electrons. The molecule has 2 aliphatic carbocycles. The number of carbonyl (C=O) groups is 1. The molecule has 0 saturated heterocycles. The van der Waals surface area contributed by atoms with Crippen LogP contribution >= 0.6 is 11.6 Å². The van der Waals surface area contributed by atoms with Gasteiger partial charge in [0.25, 0.3) is 0 Å². The van der Waals surface area contributed by atoms with Crippen molar-refractivity contribution in [3.63, 3.8) is 0 Å². The highest BCUT2D eigenvalue weighted by Gasteiger charge is 2.51. The van der Waals surface area contributed by atoms with Crippen LogP contribution in [0.4, 0.5) is 0 Å². The SMILES string of the molecule is O=C(Cl)C1C2C=CC=CCC21. The van der Waals surface area contributed by atoms with E-state index in [-0.39, 0.29) is 11.2 Å². The number of hydrogen-bond acceptors (Lipinski definition) is 1. The lowest BCUT2D eigenvalue weighted by molar-refractivity contribution is -0.113. The third-order valence-electron chi connectivity index (χ3n) is 2.48. The minimum atomic E-state index is -0.167. The van der Waals surface area contributed by atoms with E-state index in [0.717, 1.165) is 6.42 Å². The van der Waals surface area contributed by atoms with Gasteiger partial charge in [-0.2, -0.15) is 0 Å². The first kappa shape index (κ1) is 7.11. The molecule has 0 N–H and O–H groups in total. The van der Waals surface area contributed by atoms with Crippen molar-refractivity contribution in [1.29, 1.82) is 0 Å². The van der Waals surface area contributed by atoms with E-state index >= 15 is 0 Å². The predicted octanol–water partition coefficient (Wildman–Crippen LogP) is 2.13. The predicted molar refractivity (Wildman–Crippen MR) is 44.2 cm³/mol. The van der Waals surface area contributed by atoms with Crippen LogP contribution in [-0.4, -0.2) is 5.24 Å². The smallest absolute Gasteiger partial charge is 0.225 e. The molecule has 2 heteroatoms. The number of rotatable bonds is 1. The van der Waals surface area contributed by atoms with Gasteiger partial charge in [-0.15, -0.1) is 0 Å². The zero-order chi connectivity index (χ0) is 7.84. The Morgan fingerprint density at radius 1 is 1.45 bits per heavy atom. The summed E-state index contributed by atoms with van der Waals surface area (Å²) in [6.45, 7) is 0. The van der Waals surface area contributed by atoms with Crippen LogP contribution in [0.15, 0.2) is 24.3 Å². The molecule has 2 aliphatic rings. The normalized spacial score (nSPS) is 39.5. The summed E-state index contributed by atoms with van der Waals surface area (Å²) in [6, 6.07) is 0. The highest BCUT2D eigenvalue weighted by molar-refractivity contribution is 6.64. The standard InChI is InChI=1S/C9H9ClO/c10-9(11)8-6-4-2-1-3-5-7(6)8/h1-4,6-8H,5H2. The molecule has 0 aromatic heterocycles. The van der Waals surface area contributed by atoms with Crippen molar-refractivity contribution in [2.24, 2.45) is 17.8 Å². The van der Waals surface area contributed by atoms with Crippen LogP contribution < -0.4 is 0 Å². The van der Waals surface area contributed by atoms with Crippen LogP contribution in [0.2, 0.25) is 0 Å². The molecular weight excluding hydrogens is 160 g/mol. The van der Waals surface area contributed by atoms with Crippen molar-refractivity contribution in [2.75, 3.05) is 0 Å². The van der Waals surface area contributed by atoms with E-state index in [2.05, 4.69) is 12.2 Å². The van der Waals surface area contributed by atoms with E-state index in [1.165, 1.54) is 0 Å². The quantitative estimate of drug-likeness (QED) is 0.549. The molecule has 3 atom stereocenters. The van der Waals surface area contributed by atoms with Crippen LogP contribution in [0.25, 0.3) is 0 Å². The molecule has 0 bridgehead atoms. The summed E-state index contributed by atoms with van der Waals surface area (Å²) in [5, 5.41) is -0.167. The topological polar surface area (TPSA) is 17.1 Å². The van der Waals surface area contributed by atoms with Crippen molar-refractivity contribution in [3.05, 3.63) is 24.3 Å². The monoisotopic (exact) mass is 168 g/mol. The first-order chi connectivity index (χ1) is 5.30. The molecule has 1 saturated carbocycles. The van der Waals surface area contributed by atoms with Gasteiger partial charge < -0.3 is 0 Å². The summed E-state index contributed by atoms with van der Waals surface area (Å²) in [5.74, 6) is 1.03. The lowest BCUT2D eigenvalue weighted by atomic mass is 10.2. The van der Waals surface area contributed by atoms with Gasteiger partial charge in [-0.05, 0) is 29.9 Å². The fraction of sp³-hybridized carbons (Fsp3) is 0.444. The fourth-order valence-electron chi connectivity index (χ4n) is 1.79. The van der Waals surface area contributed by atoms with Crippen molar-refractivity contribution in [1.82, 2.24) is 0 Å². The Morgan fingerprint density at radius 3 is 3.00 bits per heavy atom. The molecule has 0 aromatic rings. The number of hydrogen-bond donors (Lipinski definition) is 0. The largest absolute Gasteiger partial charge is 0.281 e. The molecule has 2 rings (SSSR count). The fourth-order valence-corrected chi connectivity index (χ4v) is 2.10. The van der Waals surface area contributed by atoms with Crippen molar-refractivity contribution in [3.8, 4) is 0 Å². The first-order valence-electron chi connectivity index (χ1n) is 3.83. The molecule has 0 aromatic carbocycles. The molecule has 0 heterocycles. The molecule has 0 spiro atoms. The summed E-state index contributed by atoms with van der Waals surface area (Å²) in [7, 11) is 0. The Hall–Kier alpha value is -0.560. The van der Waals surface area contributed by atoms with Gasteiger partial charge in [0.1, 0.15) is 0 Å². The number of halogens is 1. The summed E-state index contributed by atoms with van der Waals surface area (Å²) in [5.41, 5.74) is 0. The van der Waals surface area contributed by atoms with Gasteiger partial charge in [-0.25, -0.2) is 0 Å². The zero-order valence-corrected chi connectivity index (χ0v) is 6.79. The Labute approximate surface area is 70.7 Å². The summed E-state index contributed by atoms with van der Waals surface area (Å²) < 4.78 is 0. The third-order valence-corrected chi connectivity index (χ3v) is 2.73. The number of allylic oxidation sites excluding steroid dienone is 4. The van der Waals surface area contributed by atoms with Crippen LogP contribution in [0.3, 0.4) is 0 Å². The number of fused-ring (bicyclic) bond motifs is 1. The molecule has 11 heavy (non-hydrogen) atoms. The summed E-state index contributed by atoms with van der Waals surface area (Å²) in [6.07, 6.45) is 9.22. The Bertz CT molecular complexity index is 242. The summed E-state index contributed by atoms with van der Waals surface area (Å²) in [4.78, 5) is 10.8. The lowest BCUT2D eigenvalue weighted by Gasteiger charge is -1.86. The van der Waals surface area contributed by atoms with E-state index in [4.69, 9.17) is 11.6 Å². The second kappa shape index (κ2) is 2.49. The number of carbonyl (C=O) groups excluding carboxylic acids is 1. The van der Waals surface area contributed by atoms with Gasteiger partial charge in [-0.3, -0.25) is 4.79 Å². The maximum absolute atomic E-state index is 10.8. The van der Waals surface area contributed by atoms with Gasteiger partial charge >= 0.3 is 0 Å². The second-order valence-electron chi connectivity index (χ2n) is 3.12. The van der Waals surface area contributed by atoms with Gasteiger partial charge in [0.15, 0.2) is 0 Å². The van der Waals surface area contributed by atoms with Gasteiger partial charge in [0.05, 0.1) is 0 Å². The van der Waals surface area contributed by atoms with Crippen LogP contribution in [-0.2, 0) is 4.79 Å². The van der Waals surface area contributed by atoms with E-state index in [1.54, 1.807) is 0 Å². The maximum atomic E-state index is 10.8. The average Bonchev–Trinajstić information content (AvgIpc) is 2.57. The Morgan fingerprint density at radius 2 is 2.27 bits per heavy atom. The van der Waals surface area contributed by atoms with E-state index in [0.29, 0.717) is 11.8 Å². The van der Waals surface area contributed by atoms with Crippen molar-refractivity contribution in [2.45, 2.75) is 6.42 Å². The van der Waals surface area contributed by atoms with Crippen LogP contribution in [0.5, 0.6) is 0 Å². The molecule has 1 fully saturated rings. The molecular formula is C9H9ClO. The maximum Gasteiger partial charge on any atom is 0.225 e. The highest BCUT2D eigenvalue weighted by atomic mass is 35.5. The first-order valence-corrected chi connectivity index (χ1v) is 4.21. The van der Waals surface area contributed by atoms with E-state index in [1.807, 2.05) is 12.2 Å². The lowest BCUT2D eigenvalue weighted by Crippen LogP contribution is -1.92. The summed E-state index contributed by atoms with van der Waals surface area (Å²) >= 11 is 5.41. The van der Waals surface area contributed by atoms with E-state index < -0.39 is 0 Å². The third kappa shape index (κ3) is 1.14. The zero-order valence-electron chi connectivity index (χ0n) is 6.03. The van der Waals surface area contributed by atoms with Crippen LogP contribution in [0, 0.1) is 17.8 Å². The molecule has 0 amide bonds. The molecule has 1 nitrogen and oxygen atoms in total. The van der Waals surface area contributed by atoms with Crippen LogP contribution in [0.1, 0.15) is 6.42 Å².